The second-order valence-electron chi connectivity index (χ2n) is 5.15. The Hall–Kier alpha value is -0.570. The van der Waals surface area contributed by atoms with Crippen LogP contribution in [0.15, 0.2) is 0 Å². The molecular formula is C14H27N2O. The second-order valence-corrected chi connectivity index (χ2v) is 5.15. The Bertz CT molecular complexity index is 220. The molecule has 0 bridgehead atoms. The maximum Gasteiger partial charge on any atom is 0.222 e. The van der Waals surface area contributed by atoms with Crippen LogP contribution in [0.2, 0.25) is 0 Å². The predicted octanol–water partition coefficient (Wildman–Crippen LogP) is 2.43. The fraction of sp³-hybridized carbons (Fsp3) is 0.929. The zero-order valence-electron chi connectivity index (χ0n) is 11.6. The summed E-state index contributed by atoms with van der Waals surface area (Å²) in [5, 5.41) is 4.42. The summed E-state index contributed by atoms with van der Waals surface area (Å²) < 4.78 is 0. The monoisotopic (exact) mass is 239 g/mol. The van der Waals surface area contributed by atoms with Crippen molar-refractivity contribution in [1.82, 2.24) is 10.2 Å². The van der Waals surface area contributed by atoms with Crippen LogP contribution in [0.1, 0.15) is 52.4 Å². The van der Waals surface area contributed by atoms with Gasteiger partial charge in [-0.1, -0.05) is 13.8 Å². The van der Waals surface area contributed by atoms with E-state index in [1.807, 2.05) is 11.9 Å². The van der Waals surface area contributed by atoms with Gasteiger partial charge in [-0.25, -0.2) is 5.32 Å². The van der Waals surface area contributed by atoms with Crippen molar-refractivity contribution in [2.45, 2.75) is 58.4 Å². The molecule has 0 aromatic carbocycles. The quantitative estimate of drug-likeness (QED) is 0.701. The summed E-state index contributed by atoms with van der Waals surface area (Å²) in [5.41, 5.74) is 0. The number of hydrogen-bond acceptors (Lipinski definition) is 1. The summed E-state index contributed by atoms with van der Waals surface area (Å²) in [6.07, 6.45) is 6.29. The zero-order valence-corrected chi connectivity index (χ0v) is 11.6. The van der Waals surface area contributed by atoms with Crippen LogP contribution in [0.25, 0.3) is 0 Å². The average Bonchev–Trinajstić information content (AvgIpc) is 2.38. The van der Waals surface area contributed by atoms with E-state index in [1.54, 1.807) is 0 Å². The van der Waals surface area contributed by atoms with Crippen molar-refractivity contribution in [3.63, 3.8) is 0 Å². The van der Waals surface area contributed by atoms with Crippen LogP contribution in [0, 0.1) is 5.92 Å². The van der Waals surface area contributed by atoms with Gasteiger partial charge in [0.25, 0.3) is 0 Å². The van der Waals surface area contributed by atoms with E-state index in [0.717, 1.165) is 32.4 Å². The van der Waals surface area contributed by atoms with Gasteiger partial charge in [0, 0.05) is 32.6 Å². The van der Waals surface area contributed by atoms with Crippen LogP contribution >= 0.6 is 0 Å². The van der Waals surface area contributed by atoms with Gasteiger partial charge >= 0.3 is 0 Å². The molecule has 3 heteroatoms. The molecule has 1 amide bonds. The molecule has 1 aliphatic rings. The minimum absolute atomic E-state index is 0.310. The van der Waals surface area contributed by atoms with Crippen LogP contribution < -0.4 is 5.32 Å². The largest absolute Gasteiger partial charge is 0.343 e. The Morgan fingerprint density at radius 3 is 2.65 bits per heavy atom. The first-order chi connectivity index (χ1) is 8.19. The fourth-order valence-electron chi connectivity index (χ4n) is 2.64. The molecule has 1 radical (unpaired) electrons. The molecule has 0 N–H and O–H groups in total. The SMILES string of the molecule is CCC(CC)N(C)C(=O)CCC1CCC[N]C1. The van der Waals surface area contributed by atoms with Crippen LogP contribution in [0.3, 0.4) is 0 Å². The molecule has 1 atom stereocenters. The Morgan fingerprint density at radius 2 is 2.12 bits per heavy atom. The van der Waals surface area contributed by atoms with Gasteiger partial charge in [0.05, 0.1) is 0 Å². The van der Waals surface area contributed by atoms with E-state index in [2.05, 4.69) is 19.2 Å². The van der Waals surface area contributed by atoms with Gasteiger partial charge in [-0.2, -0.15) is 0 Å². The highest BCUT2D eigenvalue weighted by molar-refractivity contribution is 5.76. The summed E-state index contributed by atoms with van der Waals surface area (Å²) in [6, 6.07) is 0.415. The third kappa shape index (κ3) is 4.66. The molecule has 1 saturated heterocycles. The first-order valence-corrected chi connectivity index (χ1v) is 7.07. The highest BCUT2D eigenvalue weighted by Gasteiger charge is 2.19. The van der Waals surface area contributed by atoms with Crippen LogP contribution in [0.5, 0.6) is 0 Å². The lowest BCUT2D eigenvalue weighted by atomic mass is 9.94. The lowest BCUT2D eigenvalue weighted by Crippen LogP contribution is -2.36. The van der Waals surface area contributed by atoms with E-state index in [0.29, 0.717) is 24.3 Å². The van der Waals surface area contributed by atoms with Gasteiger partial charge < -0.3 is 4.90 Å². The first-order valence-electron chi connectivity index (χ1n) is 7.07. The van der Waals surface area contributed by atoms with Gasteiger partial charge in [0.15, 0.2) is 0 Å². The minimum Gasteiger partial charge on any atom is -0.343 e. The molecule has 1 aliphatic heterocycles. The number of hydrogen-bond donors (Lipinski definition) is 0. The van der Waals surface area contributed by atoms with Crippen LogP contribution in [0.4, 0.5) is 0 Å². The first kappa shape index (κ1) is 14.5. The molecule has 1 fully saturated rings. The van der Waals surface area contributed by atoms with E-state index < -0.39 is 0 Å². The number of nitrogens with zero attached hydrogens (tertiary/aromatic N) is 2. The molecule has 3 nitrogen and oxygen atoms in total. The average molecular weight is 239 g/mol. The number of rotatable bonds is 6. The van der Waals surface area contributed by atoms with Crippen molar-refractivity contribution in [2.24, 2.45) is 5.92 Å². The Labute approximate surface area is 106 Å². The van der Waals surface area contributed by atoms with Gasteiger partial charge in [-0.15, -0.1) is 0 Å². The lowest BCUT2D eigenvalue weighted by Gasteiger charge is -2.27. The summed E-state index contributed by atoms with van der Waals surface area (Å²) >= 11 is 0. The minimum atomic E-state index is 0.310. The van der Waals surface area contributed by atoms with Crippen LogP contribution in [-0.2, 0) is 4.79 Å². The standard InChI is InChI=1S/C14H27N2O/c1-4-13(5-2)16(3)14(17)9-8-12-7-6-10-15-11-12/h12-13H,4-11H2,1-3H3. The number of amides is 1. The Balaban J connectivity index is 2.27. The maximum absolute atomic E-state index is 12.0. The normalized spacial score (nSPS) is 20.6. The van der Waals surface area contributed by atoms with Gasteiger partial charge in [-0.3, -0.25) is 4.79 Å². The third-order valence-electron chi connectivity index (χ3n) is 3.97. The van der Waals surface area contributed by atoms with E-state index in [4.69, 9.17) is 0 Å². The molecule has 99 valence electrons. The van der Waals surface area contributed by atoms with Crippen molar-refractivity contribution >= 4 is 5.91 Å². The van der Waals surface area contributed by atoms with Gasteiger partial charge in [-0.05, 0) is 38.0 Å². The van der Waals surface area contributed by atoms with Crippen molar-refractivity contribution in [3.8, 4) is 0 Å². The molecule has 0 aromatic heterocycles. The molecule has 0 aliphatic carbocycles. The Kier molecular flexibility index (Phi) is 6.56. The molecule has 1 unspecified atom stereocenters. The number of carbonyl (C=O) groups is 1. The highest BCUT2D eigenvalue weighted by atomic mass is 16.2. The predicted molar refractivity (Wildman–Crippen MR) is 71.0 cm³/mol. The molecule has 1 rings (SSSR count). The number of piperidine rings is 1. The van der Waals surface area contributed by atoms with Crippen LogP contribution in [-0.4, -0.2) is 37.0 Å². The zero-order chi connectivity index (χ0) is 12.7. The molecule has 0 saturated carbocycles. The lowest BCUT2D eigenvalue weighted by molar-refractivity contribution is -0.132. The molecule has 1 heterocycles. The smallest absolute Gasteiger partial charge is 0.222 e. The van der Waals surface area contributed by atoms with E-state index in [9.17, 15) is 4.79 Å². The Morgan fingerprint density at radius 1 is 1.41 bits per heavy atom. The summed E-state index contributed by atoms with van der Waals surface area (Å²) in [4.78, 5) is 14.0. The second kappa shape index (κ2) is 7.70. The molecule has 0 spiro atoms. The molecule has 0 aromatic rings. The number of carbonyl (C=O) groups excluding carboxylic acids is 1. The topological polar surface area (TPSA) is 34.4 Å². The van der Waals surface area contributed by atoms with E-state index in [1.165, 1.54) is 12.8 Å². The van der Waals surface area contributed by atoms with Crippen molar-refractivity contribution in [2.75, 3.05) is 20.1 Å². The summed E-state index contributed by atoms with van der Waals surface area (Å²) in [5.74, 6) is 0.965. The van der Waals surface area contributed by atoms with Crippen molar-refractivity contribution in [3.05, 3.63) is 0 Å². The van der Waals surface area contributed by atoms with Gasteiger partial charge in [0.2, 0.25) is 5.91 Å². The van der Waals surface area contributed by atoms with E-state index >= 15 is 0 Å². The molecular weight excluding hydrogens is 212 g/mol. The maximum atomic E-state index is 12.0. The van der Waals surface area contributed by atoms with Crippen molar-refractivity contribution in [1.29, 1.82) is 0 Å². The molecule has 17 heavy (non-hydrogen) atoms. The summed E-state index contributed by atoms with van der Waals surface area (Å²) in [6.45, 7) is 6.30. The summed E-state index contributed by atoms with van der Waals surface area (Å²) in [7, 11) is 1.95. The van der Waals surface area contributed by atoms with Crippen molar-refractivity contribution < 1.29 is 4.79 Å². The van der Waals surface area contributed by atoms with Gasteiger partial charge in [0.1, 0.15) is 0 Å². The fourth-order valence-corrected chi connectivity index (χ4v) is 2.64. The third-order valence-corrected chi connectivity index (χ3v) is 3.97. The highest BCUT2D eigenvalue weighted by Crippen LogP contribution is 2.18. The van der Waals surface area contributed by atoms with E-state index in [-0.39, 0.29) is 0 Å².